The van der Waals surface area contributed by atoms with Gasteiger partial charge in [0.25, 0.3) is 0 Å². The van der Waals surface area contributed by atoms with Crippen molar-refractivity contribution in [1.29, 1.82) is 0 Å². The van der Waals surface area contributed by atoms with Crippen LogP contribution < -0.4 is 0 Å². The number of rotatable bonds is 5. The molecular weight excluding hydrogens is 633 g/mol. The molecule has 0 bridgehead atoms. The Morgan fingerprint density at radius 3 is 1.85 bits per heavy atom. The molecule has 1 saturated carbocycles. The number of hydrogen-bond donors (Lipinski definition) is 0. The molecule has 2 atom stereocenters. The smallest absolute Gasteiger partial charge is 0.238 e. The molecule has 4 heteroatoms. The predicted molar refractivity (Wildman–Crippen MR) is 211 cm³/mol. The van der Waals surface area contributed by atoms with Crippen LogP contribution in [0, 0.1) is 0 Å². The average molecular weight is 665 g/mol. The molecule has 1 fully saturated rings. The standard InChI is InChI=1S/C48H32N4/c1-3-12-30(13-4-1)32-22-24-33(25-23-32)46-49-47(35-17-11-16-34(28-35)31-14-5-2-6-15-31)51-48(50-46)52-43-21-10-9-20-38(43)40-27-26-39-36-18-7-8-19-37(36)41-29-42(41)44(39)45(40)52/h1-28,41-42H,29H2. The maximum absolute atomic E-state index is 5.34. The lowest BCUT2D eigenvalue weighted by Gasteiger charge is -2.21. The van der Waals surface area contributed by atoms with Crippen LogP contribution in [-0.2, 0) is 0 Å². The largest absolute Gasteiger partial charge is 0.277 e. The van der Waals surface area contributed by atoms with Gasteiger partial charge in [0.05, 0.1) is 11.0 Å². The van der Waals surface area contributed by atoms with Crippen molar-refractivity contribution in [2.45, 2.75) is 18.3 Å². The molecule has 0 aliphatic heterocycles. The van der Waals surface area contributed by atoms with E-state index in [0.717, 1.165) is 33.3 Å². The van der Waals surface area contributed by atoms with E-state index in [4.69, 9.17) is 15.0 Å². The summed E-state index contributed by atoms with van der Waals surface area (Å²) in [5.41, 5.74) is 14.4. The lowest BCUT2D eigenvalue weighted by molar-refractivity contribution is 0.940. The van der Waals surface area contributed by atoms with Crippen molar-refractivity contribution in [3.63, 3.8) is 0 Å². The Morgan fingerprint density at radius 2 is 1.04 bits per heavy atom. The van der Waals surface area contributed by atoms with Crippen LogP contribution in [0.5, 0.6) is 0 Å². The number of nitrogens with zero attached hydrogens (tertiary/aromatic N) is 4. The highest BCUT2D eigenvalue weighted by molar-refractivity contribution is 6.12. The first-order valence-corrected chi connectivity index (χ1v) is 18.0. The van der Waals surface area contributed by atoms with Crippen LogP contribution in [0.4, 0.5) is 0 Å². The molecule has 7 aromatic carbocycles. The zero-order valence-corrected chi connectivity index (χ0v) is 28.3. The molecule has 52 heavy (non-hydrogen) atoms. The highest BCUT2D eigenvalue weighted by atomic mass is 15.2. The van der Waals surface area contributed by atoms with Gasteiger partial charge in [-0.2, -0.15) is 9.97 Å². The summed E-state index contributed by atoms with van der Waals surface area (Å²) in [7, 11) is 0. The molecule has 9 aromatic rings. The molecule has 0 radical (unpaired) electrons. The van der Waals surface area contributed by atoms with Gasteiger partial charge < -0.3 is 0 Å². The molecule has 0 saturated heterocycles. The molecular formula is C48H32N4. The summed E-state index contributed by atoms with van der Waals surface area (Å²) in [5.74, 6) is 2.96. The van der Waals surface area contributed by atoms with Gasteiger partial charge in [0.1, 0.15) is 0 Å². The van der Waals surface area contributed by atoms with Gasteiger partial charge in [0.15, 0.2) is 11.6 Å². The summed E-state index contributed by atoms with van der Waals surface area (Å²) >= 11 is 0. The molecule has 244 valence electrons. The molecule has 2 aliphatic carbocycles. The van der Waals surface area contributed by atoms with E-state index in [2.05, 4.69) is 162 Å². The van der Waals surface area contributed by atoms with Crippen LogP contribution in [-0.4, -0.2) is 19.5 Å². The summed E-state index contributed by atoms with van der Waals surface area (Å²) in [6, 6.07) is 60.4. The quantitative estimate of drug-likeness (QED) is 0.184. The van der Waals surface area contributed by atoms with Gasteiger partial charge in [0, 0.05) is 21.9 Å². The van der Waals surface area contributed by atoms with Gasteiger partial charge in [0.2, 0.25) is 5.95 Å². The highest BCUT2D eigenvalue weighted by Gasteiger charge is 2.47. The fourth-order valence-corrected chi connectivity index (χ4v) is 8.46. The minimum absolute atomic E-state index is 0.477. The zero-order valence-electron chi connectivity index (χ0n) is 28.3. The van der Waals surface area contributed by atoms with Crippen LogP contribution in [0.2, 0.25) is 0 Å². The fraction of sp³-hybridized carbons (Fsp3) is 0.0625. The third-order valence-electron chi connectivity index (χ3n) is 11.0. The van der Waals surface area contributed by atoms with Crippen molar-refractivity contribution in [3.05, 3.63) is 181 Å². The van der Waals surface area contributed by atoms with Crippen LogP contribution in [0.15, 0.2) is 170 Å². The van der Waals surface area contributed by atoms with Crippen molar-refractivity contribution in [2.24, 2.45) is 0 Å². The third kappa shape index (κ3) is 4.58. The normalized spacial score (nSPS) is 15.6. The van der Waals surface area contributed by atoms with Crippen molar-refractivity contribution in [2.75, 3.05) is 0 Å². The first-order chi connectivity index (χ1) is 25.8. The predicted octanol–water partition coefficient (Wildman–Crippen LogP) is 11.9. The van der Waals surface area contributed by atoms with Crippen molar-refractivity contribution in [3.8, 4) is 62.1 Å². The lowest BCUT2D eigenvalue weighted by Crippen LogP contribution is -2.08. The Morgan fingerprint density at radius 1 is 0.423 bits per heavy atom. The van der Waals surface area contributed by atoms with E-state index in [1.54, 1.807) is 0 Å². The Balaban J connectivity index is 1.17. The van der Waals surface area contributed by atoms with Gasteiger partial charge >= 0.3 is 0 Å². The van der Waals surface area contributed by atoms with Crippen molar-refractivity contribution >= 4 is 21.8 Å². The van der Waals surface area contributed by atoms with E-state index in [9.17, 15) is 0 Å². The number of benzene rings is 7. The van der Waals surface area contributed by atoms with E-state index in [1.165, 1.54) is 50.5 Å². The third-order valence-corrected chi connectivity index (χ3v) is 11.0. The van der Waals surface area contributed by atoms with Gasteiger partial charge in [-0.15, -0.1) is 0 Å². The first kappa shape index (κ1) is 29.1. The van der Waals surface area contributed by atoms with E-state index < -0.39 is 0 Å². The summed E-state index contributed by atoms with van der Waals surface area (Å²) in [4.78, 5) is 15.9. The second-order valence-corrected chi connectivity index (χ2v) is 14.0. The van der Waals surface area contributed by atoms with Crippen LogP contribution in [0.1, 0.15) is 29.4 Å². The molecule has 0 spiro atoms. The van der Waals surface area contributed by atoms with Gasteiger partial charge in [-0.25, -0.2) is 4.98 Å². The topological polar surface area (TPSA) is 43.6 Å². The van der Waals surface area contributed by atoms with E-state index in [-0.39, 0.29) is 0 Å². The Labute approximate surface area is 301 Å². The zero-order chi connectivity index (χ0) is 34.2. The second kappa shape index (κ2) is 11.4. The lowest BCUT2D eigenvalue weighted by atomic mass is 9.84. The number of aromatic nitrogens is 4. The molecule has 2 heterocycles. The molecule has 2 aromatic heterocycles. The van der Waals surface area contributed by atoms with Gasteiger partial charge in [-0.3, -0.25) is 4.57 Å². The summed E-state index contributed by atoms with van der Waals surface area (Å²) < 4.78 is 2.32. The first-order valence-electron chi connectivity index (χ1n) is 18.0. The molecule has 0 N–H and O–H groups in total. The molecule has 0 amide bonds. The maximum atomic E-state index is 5.34. The Hall–Kier alpha value is -6.65. The van der Waals surface area contributed by atoms with E-state index in [0.29, 0.717) is 29.4 Å². The summed E-state index contributed by atoms with van der Waals surface area (Å²) in [6.45, 7) is 0. The van der Waals surface area contributed by atoms with Gasteiger partial charge in [-0.05, 0) is 74.9 Å². The van der Waals surface area contributed by atoms with E-state index in [1.807, 2.05) is 12.1 Å². The fourth-order valence-electron chi connectivity index (χ4n) is 8.46. The maximum Gasteiger partial charge on any atom is 0.238 e. The van der Waals surface area contributed by atoms with Crippen LogP contribution >= 0.6 is 0 Å². The van der Waals surface area contributed by atoms with Crippen LogP contribution in [0.3, 0.4) is 0 Å². The average Bonchev–Trinajstić information content (AvgIpc) is 3.96. The molecule has 11 rings (SSSR count). The van der Waals surface area contributed by atoms with Gasteiger partial charge in [-0.1, -0.05) is 158 Å². The highest BCUT2D eigenvalue weighted by Crippen LogP contribution is 2.63. The van der Waals surface area contributed by atoms with E-state index >= 15 is 0 Å². The molecule has 4 nitrogen and oxygen atoms in total. The van der Waals surface area contributed by atoms with Crippen molar-refractivity contribution in [1.82, 2.24) is 19.5 Å². The molecule has 2 aliphatic rings. The second-order valence-electron chi connectivity index (χ2n) is 14.0. The summed E-state index contributed by atoms with van der Waals surface area (Å²) in [6.07, 6.45) is 1.17. The monoisotopic (exact) mass is 664 g/mol. The number of para-hydroxylation sites is 1. The Kier molecular flexibility index (Phi) is 6.41. The molecule has 2 unspecified atom stereocenters. The number of fused-ring (bicyclic) bond motifs is 10. The Bertz CT molecular complexity index is 2820. The van der Waals surface area contributed by atoms with Crippen LogP contribution in [0.25, 0.3) is 83.9 Å². The van der Waals surface area contributed by atoms with Crippen molar-refractivity contribution < 1.29 is 0 Å². The number of hydrogen-bond acceptors (Lipinski definition) is 3. The minimum atomic E-state index is 0.477. The summed E-state index contributed by atoms with van der Waals surface area (Å²) in [5, 5.41) is 2.44. The SMILES string of the molecule is c1ccc(-c2ccc(-c3nc(-c4cccc(-c5ccccc5)c4)nc(-n4c5ccccc5c5ccc6c(c54)C4CC4c4ccccc4-6)n3)cc2)cc1. The minimum Gasteiger partial charge on any atom is -0.277 e.